The van der Waals surface area contributed by atoms with E-state index in [1.165, 1.54) is 24.0 Å². The highest BCUT2D eigenvalue weighted by Crippen LogP contribution is 2.19. The molecule has 80 valence electrons. The van der Waals surface area contributed by atoms with Gasteiger partial charge in [0.05, 0.1) is 0 Å². The number of hydrogen-bond acceptors (Lipinski definition) is 1. The minimum absolute atomic E-state index is 0.608. The van der Waals surface area contributed by atoms with Gasteiger partial charge >= 0.3 is 0 Å². The van der Waals surface area contributed by atoms with E-state index < -0.39 is 0 Å². The fourth-order valence-electron chi connectivity index (χ4n) is 1.40. The third kappa shape index (κ3) is 2.93. The molecule has 1 aromatic rings. The summed E-state index contributed by atoms with van der Waals surface area (Å²) in [5.41, 5.74) is 3.66. The number of rotatable bonds is 2. The topological polar surface area (TPSA) is 24.1 Å². The number of thiocarbonyl (C=S) groups is 1. The minimum atomic E-state index is 0.608. The summed E-state index contributed by atoms with van der Waals surface area (Å²) < 4.78 is 0. The fraction of sp³-hybridized carbons (Fsp3) is 0.417. The van der Waals surface area contributed by atoms with Gasteiger partial charge in [-0.15, -0.1) is 0 Å². The summed E-state index contributed by atoms with van der Waals surface area (Å²) in [5.74, 6) is 0. The molecule has 15 heavy (non-hydrogen) atoms. The van der Waals surface area contributed by atoms with Gasteiger partial charge in [-0.05, 0) is 62.2 Å². The van der Waals surface area contributed by atoms with Crippen molar-refractivity contribution in [2.45, 2.75) is 32.7 Å². The van der Waals surface area contributed by atoms with Crippen LogP contribution in [0.4, 0.5) is 5.69 Å². The molecule has 0 saturated heterocycles. The van der Waals surface area contributed by atoms with Gasteiger partial charge in [-0.2, -0.15) is 0 Å². The second-order valence-electron chi connectivity index (χ2n) is 4.17. The minimum Gasteiger partial charge on any atom is -0.360 e. The molecule has 0 atom stereocenters. The predicted molar refractivity (Wildman–Crippen MR) is 68.3 cm³/mol. The molecule has 0 aromatic heterocycles. The Morgan fingerprint density at radius 2 is 2.00 bits per heavy atom. The molecule has 0 spiro atoms. The van der Waals surface area contributed by atoms with Crippen molar-refractivity contribution in [3.63, 3.8) is 0 Å². The molecule has 3 heteroatoms. The van der Waals surface area contributed by atoms with Gasteiger partial charge in [-0.1, -0.05) is 6.07 Å². The van der Waals surface area contributed by atoms with Crippen LogP contribution in [0, 0.1) is 13.8 Å². The van der Waals surface area contributed by atoms with Crippen molar-refractivity contribution < 1.29 is 0 Å². The van der Waals surface area contributed by atoms with Crippen molar-refractivity contribution in [1.29, 1.82) is 0 Å². The van der Waals surface area contributed by atoms with Crippen LogP contribution in [0.1, 0.15) is 24.0 Å². The Morgan fingerprint density at radius 1 is 1.27 bits per heavy atom. The Bertz CT molecular complexity index is 383. The Kier molecular flexibility index (Phi) is 2.91. The van der Waals surface area contributed by atoms with E-state index in [9.17, 15) is 0 Å². The van der Waals surface area contributed by atoms with Gasteiger partial charge in [0.25, 0.3) is 0 Å². The molecule has 0 bridgehead atoms. The summed E-state index contributed by atoms with van der Waals surface area (Å²) in [5, 5.41) is 7.20. The highest BCUT2D eigenvalue weighted by molar-refractivity contribution is 7.80. The van der Waals surface area contributed by atoms with Crippen LogP contribution < -0.4 is 10.6 Å². The van der Waals surface area contributed by atoms with Gasteiger partial charge < -0.3 is 10.6 Å². The molecule has 0 aliphatic heterocycles. The SMILES string of the molecule is Cc1ccc(NC(=S)NC2CC2)cc1C. The molecule has 1 fully saturated rings. The third-order valence-electron chi connectivity index (χ3n) is 2.68. The first-order valence-electron chi connectivity index (χ1n) is 5.30. The fourth-order valence-corrected chi connectivity index (χ4v) is 1.68. The van der Waals surface area contributed by atoms with E-state index in [0.29, 0.717) is 6.04 Å². The second-order valence-corrected chi connectivity index (χ2v) is 4.58. The van der Waals surface area contributed by atoms with Crippen molar-refractivity contribution in [1.82, 2.24) is 5.32 Å². The summed E-state index contributed by atoms with van der Waals surface area (Å²) >= 11 is 5.21. The van der Waals surface area contributed by atoms with Crippen LogP contribution in [-0.2, 0) is 0 Å². The molecule has 1 aliphatic rings. The molecule has 2 N–H and O–H groups in total. The average molecular weight is 220 g/mol. The van der Waals surface area contributed by atoms with Crippen LogP contribution in [0.15, 0.2) is 18.2 Å². The first kappa shape index (κ1) is 10.4. The van der Waals surface area contributed by atoms with Gasteiger partial charge in [0.15, 0.2) is 5.11 Å². The number of aryl methyl sites for hydroxylation is 2. The van der Waals surface area contributed by atoms with Crippen molar-refractivity contribution in [2.75, 3.05) is 5.32 Å². The van der Waals surface area contributed by atoms with Crippen molar-refractivity contribution in [3.8, 4) is 0 Å². The molecule has 1 saturated carbocycles. The molecular formula is C12H16N2S. The van der Waals surface area contributed by atoms with Crippen LogP contribution >= 0.6 is 12.2 Å². The van der Waals surface area contributed by atoms with Gasteiger partial charge in [0.1, 0.15) is 0 Å². The van der Waals surface area contributed by atoms with Crippen LogP contribution in [-0.4, -0.2) is 11.2 Å². The van der Waals surface area contributed by atoms with E-state index in [4.69, 9.17) is 12.2 Å². The zero-order valence-corrected chi connectivity index (χ0v) is 9.95. The summed E-state index contributed by atoms with van der Waals surface area (Å²) in [7, 11) is 0. The van der Waals surface area contributed by atoms with Crippen LogP contribution in [0.2, 0.25) is 0 Å². The van der Waals surface area contributed by atoms with E-state index in [0.717, 1.165) is 10.8 Å². The van der Waals surface area contributed by atoms with Crippen LogP contribution in [0.5, 0.6) is 0 Å². The van der Waals surface area contributed by atoms with Gasteiger partial charge in [-0.25, -0.2) is 0 Å². The molecule has 0 radical (unpaired) electrons. The second kappa shape index (κ2) is 4.19. The summed E-state index contributed by atoms with van der Waals surface area (Å²) in [6.07, 6.45) is 2.49. The molecule has 0 amide bonds. The van der Waals surface area contributed by atoms with Crippen LogP contribution in [0.3, 0.4) is 0 Å². The van der Waals surface area contributed by atoms with E-state index in [-0.39, 0.29) is 0 Å². The standard InChI is InChI=1S/C12H16N2S/c1-8-3-4-11(7-9(8)2)14-12(15)13-10-5-6-10/h3-4,7,10H,5-6H2,1-2H3,(H2,13,14,15). The maximum Gasteiger partial charge on any atom is 0.170 e. The van der Waals surface area contributed by atoms with Crippen LogP contribution in [0.25, 0.3) is 0 Å². The summed E-state index contributed by atoms with van der Waals surface area (Å²) in [6.45, 7) is 4.22. The molecule has 2 nitrogen and oxygen atoms in total. The number of hydrogen-bond donors (Lipinski definition) is 2. The van der Waals surface area contributed by atoms with E-state index >= 15 is 0 Å². The van der Waals surface area contributed by atoms with Gasteiger partial charge in [0.2, 0.25) is 0 Å². The number of benzene rings is 1. The van der Waals surface area contributed by atoms with Crippen molar-refractivity contribution in [3.05, 3.63) is 29.3 Å². The van der Waals surface area contributed by atoms with E-state index in [1.807, 2.05) is 0 Å². The monoisotopic (exact) mass is 220 g/mol. The molecule has 0 heterocycles. The van der Waals surface area contributed by atoms with E-state index in [2.05, 4.69) is 42.7 Å². The Morgan fingerprint density at radius 3 is 2.60 bits per heavy atom. The zero-order valence-electron chi connectivity index (χ0n) is 9.13. The first-order valence-corrected chi connectivity index (χ1v) is 5.71. The first-order chi connectivity index (χ1) is 7.15. The summed E-state index contributed by atoms with van der Waals surface area (Å²) in [4.78, 5) is 0. The smallest absolute Gasteiger partial charge is 0.170 e. The Hall–Kier alpha value is -1.09. The molecule has 1 aromatic carbocycles. The van der Waals surface area contributed by atoms with Gasteiger partial charge in [-0.3, -0.25) is 0 Å². The van der Waals surface area contributed by atoms with Gasteiger partial charge in [0, 0.05) is 11.7 Å². The quantitative estimate of drug-likeness (QED) is 0.749. The third-order valence-corrected chi connectivity index (χ3v) is 2.90. The lowest BCUT2D eigenvalue weighted by atomic mass is 10.1. The molecule has 2 rings (SSSR count). The van der Waals surface area contributed by atoms with Crippen molar-refractivity contribution in [2.24, 2.45) is 0 Å². The predicted octanol–water partition coefficient (Wildman–Crippen LogP) is 2.75. The van der Waals surface area contributed by atoms with Crippen molar-refractivity contribution >= 4 is 23.0 Å². The largest absolute Gasteiger partial charge is 0.360 e. The zero-order chi connectivity index (χ0) is 10.8. The highest BCUT2D eigenvalue weighted by Gasteiger charge is 2.21. The lowest BCUT2D eigenvalue weighted by molar-refractivity contribution is 0.919. The Balaban J connectivity index is 1.97. The average Bonchev–Trinajstić information content (AvgIpc) is 2.95. The number of nitrogens with one attached hydrogen (secondary N) is 2. The lowest BCUT2D eigenvalue weighted by Crippen LogP contribution is -2.30. The molecular weight excluding hydrogens is 204 g/mol. The van der Waals surface area contributed by atoms with E-state index in [1.54, 1.807) is 0 Å². The highest BCUT2D eigenvalue weighted by atomic mass is 32.1. The molecule has 1 aliphatic carbocycles. The Labute approximate surface area is 96.1 Å². The maximum atomic E-state index is 5.21. The summed E-state index contributed by atoms with van der Waals surface area (Å²) in [6, 6.07) is 6.90. The number of anilines is 1. The lowest BCUT2D eigenvalue weighted by Gasteiger charge is -2.10. The normalized spacial score (nSPS) is 14.8. The maximum absolute atomic E-state index is 5.21. The molecule has 0 unspecified atom stereocenters.